The van der Waals surface area contributed by atoms with Crippen molar-refractivity contribution in [2.24, 2.45) is 21.5 Å². The summed E-state index contributed by atoms with van der Waals surface area (Å²) < 4.78 is 0. The van der Waals surface area contributed by atoms with Gasteiger partial charge in [0.05, 0.1) is 16.6 Å². The second-order valence-corrected chi connectivity index (χ2v) is 6.90. The minimum atomic E-state index is 0.151. The minimum Gasteiger partial charge on any atom is -0.369 e. The van der Waals surface area contributed by atoms with Crippen molar-refractivity contribution >= 4 is 35.1 Å². The molecule has 0 aliphatic heterocycles. The highest BCUT2D eigenvalue weighted by atomic mass is 35.5. The number of guanidine groups is 2. The van der Waals surface area contributed by atoms with Gasteiger partial charge in [-0.15, -0.1) is 0 Å². The zero-order chi connectivity index (χ0) is 18.7. The van der Waals surface area contributed by atoms with Gasteiger partial charge in [0, 0.05) is 13.6 Å². The van der Waals surface area contributed by atoms with Crippen LogP contribution in [0.25, 0.3) is 0 Å². The monoisotopic (exact) mass is 385 g/mol. The van der Waals surface area contributed by atoms with E-state index in [0.29, 0.717) is 22.5 Å². The van der Waals surface area contributed by atoms with E-state index in [0.717, 1.165) is 18.5 Å². The maximum absolute atomic E-state index is 5.98. The average Bonchev–Trinajstić information content (AvgIpc) is 2.58. The molecule has 0 unspecified atom stereocenters. The van der Waals surface area contributed by atoms with Gasteiger partial charge in [0.1, 0.15) is 0 Å². The summed E-state index contributed by atoms with van der Waals surface area (Å²) in [5.41, 5.74) is 12.7. The van der Waals surface area contributed by atoms with Crippen LogP contribution in [0.5, 0.6) is 0 Å². The molecule has 0 spiro atoms. The van der Waals surface area contributed by atoms with E-state index in [1.807, 2.05) is 18.0 Å². The zero-order valence-electron chi connectivity index (χ0n) is 15.1. The van der Waals surface area contributed by atoms with Gasteiger partial charge in [-0.1, -0.05) is 68.3 Å². The predicted molar refractivity (Wildman–Crippen MR) is 109 cm³/mol. The van der Waals surface area contributed by atoms with Gasteiger partial charge in [0.15, 0.2) is 5.96 Å². The quantitative estimate of drug-likeness (QED) is 0.375. The molecule has 0 aromatic heterocycles. The van der Waals surface area contributed by atoms with Crippen LogP contribution in [0.4, 0.5) is 0 Å². The molecule has 0 fully saturated rings. The molecule has 1 rings (SSSR count). The number of rotatable bonds is 9. The lowest BCUT2D eigenvalue weighted by atomic mass is 10.1. The van der Waals surface area contributed by atoms with Crippen molar-refractivity contribution < 1.29 is 0 Å². The van der Waals surface area contributed by atoms with Crippen LogP contribution >= 0.6 is 23.2 Å². The third-order valence-corrected chi connectivity index (χ3v) is 4.61. The van der Waals surface area contributed by atoms with Gasteiger partial charge in [-0.3, -0.25) is 0 Å². The summed E-state index contributed by atoms with van der Waals surface area (Å²) in [6, 6.07) is 5.35. The summed E-state index contributed by atoms with van der Waals surface area (Å²) in [4.78, 5) is 10.3. The number of hydrogen-bond acceptors (Lipinski definition) is 1. The molecule has 7 heteroatoms. The lowest BCUT2D eigenvalue weighted by Gasteiger charge is -2.17. The van der Waals surface area contributed by atoms with E-state index < -0.39 is 0 Å². The largest absolute Gasteiger partial charge is 0.369 e. The normalized spacial score (nSPS) is 12.5. The number of nitrogens with zero attached hydrogens (tertiary/aromatic N) is 3. The first-order valence-corrected chi connectivity index (χ1v) is 9.48. The van der Waals surface area contributed by atoms with E-state index in [9.17, 15) is 0 Å². The van der Waals surface area contributed by atoms with Crippen molar-refractivity contribution in [3.8, 4) is 0 Å². The fourth-order valence-electron chi connectivity index (χ4n) is 2.29. The van der Waals surface area contributed by atoms with Crippen molar-refractivity contribution in [1.82, 2.24) is 4.90 Å². The lowest BCUT2D eigenvalue weighted by molar-refractivity contribution is 0.462. The third kappa shape index (κ3) is 8.98. The number of nitrogens with two attached hydrogens (primary N) is 2. The summed E-state index contributed by atoms with van der Waals surface area (Å²) >= 11 is 11.9. The van der Waals surface area contributed by atoms with Crippen LogP contribution in [0.15, 0.2) is 28.2 Å². The van der Waals surface area contributed by atoms with E-state index >= 15 is 0 Å². The zero-order valence-corrected chi connectivity index (χ0v) is 16.7. The van der Waals surface area contributed by atoms with E-state index in [4.69, 9.17) is 34.7 Å². The maximum atomic E-state index is 5.98. The van der Waals surface area contributed by atoms with Gasteiger partial charge >= 0.3 is 0 Å². The number of aliphatic imine (C=N–C) groups is 2. The Hall–Kier alpha value is -1.46. The Labute approximate surface area is 161 Å². The first-order chi connectivity index (χ1) is 11.9. The molecule has 25 heavy (non-hydrogen) atoms. The smallest absolute Gasteiger partial charge is 0.218 e. The van der Waals surface area contributed by atoms with Crippen LogP contribution < -0.4 is 11.5 Å². The van der Waals surface area contributed by atoms with Gasteiger partial charge in [0.2, 0.25) is 5.96 Å². The van der Waals surface area contributed by atoms with Crippen molar-refractivity contribution in [3.05, 3.63) is 33.8 Å². The van der Waals surface area contributed by atoms with Crippen LogP contribution in [0.3, 0.4) is 0 Å². The number of halogens is 2. The molecule has 0 heterocycles. The van der Waals surface area contributed by atoms with E-state index in [1.54, 1.807) is 12.1 Å². The highest BCUT2D eigenvalue weighted by molar-refractivity contribution is 6.42. The summed E-state index contributed by atoms with van der Waals surface area (Å²) in [5.74, 6) is 0.530. The summed E-state index contributed by atoms with van der Waals surface area (Å²) in [7, 11) is 1.91. The van der Waals surface area contributed by atoms with Gasteiger partial charge in [-0.2, -0.15) is 4.99 Å². The molecule has 0 saturated carbocycles. The van der Waals surface area contributed by atoms with Gasteiger partial charge in [0.25, 0.3) is 0 Å². The predicted octanol–water partition coefficient (Wildman–Crippen LogP) is 4.42. The number of benzene rings is 1. The Morgan fingerprint density at radius 1 is 1.04 bits per heavy atom. The SMILES string of the molecule is CCCCCCCCN(C)C(N)=NC(N)=NCc1ccc(Cl)c(Cl)c1. The van der Waals surface area contributed by atoms with Crippen LogP contribution in [0.2, 0.25) is 10.0 Å². The van der Waals surface area contributed by atoms with Gasteiger partial charge in [-0.05, 0) is 24.1 Å². The van der Waals surface area contributed by atoms with Crippen molar-refractivity contribution in [1.29, 1.82) is 0 Å². The summed E-state index contributed by atoms with van der Waals surface area (Å²) in [6.07, 6.45) is 7.45. The Bertz CT molecular complexity index is 587. The number of unbranched alkanes of at least 4 members (excludes halogenated alkanes) is 5. The summed E-state index contributed by atoms with van der Waals surface area (Å²) in [5, 5.41) is 1.01. The Morgan fingerprint density at radius 2 is 1.72 bits per heavy atom. The maximum Gasteiger partial charge on any atom is 0.218 e. The highest BCUT2D eigenvalue weighted by Gasteiger charge is 2.03. The second kappa shape index (κ2) is 12.0. The van der Waals surface area contributed by atoms with E-state index in [1.165, 1.54) is 32.1 Å². The highest BCUT2D eigenvalue weighted by Crippen LogP contribution is 2.22. The van der Waals surface area contributed by atoms with Crippen LogP contribution in [-0.2, 0) is 6.54 Å². The van der Waals surface area contributed by atoms with Crippen LogP contribution in [-0.4, -0.2) is 30.4 Å². The topological polar surface area (TPSA) is 80.0 Å². The fraction of sp³-hybridized carbons (Fsp3) is 0.556. The molecule has 0 radical (unpaired) electrons. The second-order valence-electron chi connectivity index (χ2n) is 6.08. The molecular weight excluding hydrogens is 357 g/mol. The molecule has 140 valence electrons. The third-order valence-electron chi connectivity index (χ3n) is 3.87. The average molecular weight is 386 g/mol. The van der Waals surface area contributed by atoms with E-state index in [-0.39, 0.29) is 5.96 Å². The Balaban J connectivity index is 2.43. The van der Waals surface area contributed by atoms with Crippen molar-refractivity contribution in [2.75, 3.05) is 13.6 Å². The number of hydrogen-bond donors (Lipinski definition) is 2. The Morgan fingerprint density at radius 3 is 2.40 bits per heavy atom. The van der Waals surface area contributed by atoms with Crippen LogP contribution in [0.1, 0.15) is 51.0 Å². The van der Waals surface area contributed by atoms with E-state index in [2.05, 4.69) is 16.9 Å². The molecule has 5 nitrogen and oxygen atoms in total. The van der Waals surface area contributed by atoms with Gasteiger partial charge in [-0.25, -0.2) is 4.99 Å². The molecule has 1 aromatic carbocycles. The summed E-state index contributed by atoms with van der Waals surface area (Å²) in [6.45, 7) is 3.46. The lowest BCUT2D eigenvalue weighted by Crippen LogP contribution is -2.36. The molecule has 0 aliphatic rings. The Kier molecular flexibility index (Phi) is 10.3. The fourth-order valence-corrected chi connectivity index (χ4v) is 2.61. The minimum absolute atomic E-state index is 0.151. The van der Waals surface area contributed by atoms with Crippen molar-refractivity contribution in [2.45, 2.75) is 52.0 Å². The molecule has 0 atom stereocenters. The molecule has 0 saturated heterocycles. The van der Waals surface area contributed by atoms with Crippen molar-refractivity contribution in [3.63, 3.8) is 0 Å². The molecule has 1 aromatic rings. The molecule has 4 N–H and O–H groups in total. The standard InChI is InChI=1S/C18H29Cl2N5/c1-3-4-5-6-7-8-11-25(2)18(22)24-17(21)23-13-14-9-10-15(19)16(20)12-14/h9-10,12H,3-8,11,13H2,1-2H3,(H4,21,22,23,24). The van der Waals surface area contributed by atoms with Gasteiger partial charge < -0.3 is 16.4 Å². The van der Waals surface area contributed by atoms with Crippen LogP contribution in [0, 0.1) is 0 Å². The molecular formula is C18H29Cl2N5. The molecule has 0 bridgehead atoms. The molecule has 0 amide bonds. The molecule has 0 aliphatic carbocycles. The first-order valence-electron chi connectivity index (χ1n) is 8.73. The first kappa shape index (κ1) is 21.6.